The normalized spacial score (nSPS) is 11.3. The van der Waals surface area contributed by atoms with Gasteiger partial charge < -0.3 is 11.1 Å². The maximum Gasteiger partial charge on any atom is 0.238 e. The van der Waals surface area contributed by atoms with Crippen LogP contribution in [0.3, 0.4) is 0 Å². The van der Waals surface area contributed by atoms with Crippen molar-refractivity contribution >= 4 is 21.4 Å². The first-order valence-corrected chi connectivity index (χ1v) is 7.98. The van der Waals surface area contributed by atoms with Gasteiger partial charge in [-0.25, -0.2) is 13.6 Å². The van der Waals surface area contributed by atoms with Crippen LogP contribution in [0.4, 0.5) is 11.4 Å². The summed E-state index contributed by atoms with van der Waals surface area (Å²) in [6.07, 6.45) is 4.29. The largest absolute Gasteiger partial charge is 0.399 e. The second kappa shape index (κ2) is 6.11. The summed E-state index contributed by atoms with van der Waals surface area (Å²) in [4.78, 5) is 4.09. The molecule has 1 aromatic carbocycles. The fraction of sp³-hybridized carbons (Fsp3) is 0.214. The van der Waals surface area contributed by atoms with E-state index >= 15 is 0 Å². The van der Waals surface area contributed by atoms with Crippen LogP contribution in [-0.2, 0) is 16.4 Å². The number of rotatable bonds is 5. The molecule has 0 saturated carbocycles. The van der Waals surface area contributed by atoms with Crippen molar-refractivity contribution in [3.8, 4) is 0 Å². The van der Waals surface area contributed by atoms with Crippen LogP contribution in [0.1, 0.15) is 11.1 Å². The van der Waals surface area contributed by atoms with E-state index < -0.39 is 10.0 Å². The van der Waals surface area contributed by atoms with Crippen LogP contribution in [0.15, 0.2) is 41.6 Å². The van der Waals surface area contributed by atoms with E-state index in [2.05, 4.69) is 10.3 Å². The van der Waals surface area contributed by atoms with Gasteiger partial charge in [0.25, 0.3) is 0 Å². The van der Waals surface area contributed by atoms with E-state index in [9.17, 15) is 8.42 Å². The fourth-order valence-electron chi connectivity index (χ4n) is 2.08. The second-order valence-corrected chi connectivity index (χ2v) is 6.30. The molecule has 0 unspecified atom stereocenters. The summed E-state index contributed by atoms with van der Waals surface area (Å²) in [7, 11) is -3.79. The van der Waals surface area contributed by atoms with Gasteiger partial charge in [-0.1, -0.05) is 6.07 Å². The van der Waals surface area contributed by atoms with Gasteiger partial charge in [-0.15, -0.1) is 0 Å². The van der Waals surface area contributed by atoms with Gasteiger partial charge in [0.05, 0.1) is 4.90 Å². The third-order valence-corrected chi connectivity index (χ3v) is 4.18. The van der Waals surface area contributed by atoms with Gasteiger partial charge in [-0.2, -0.15) is 0 Å². The average Bonchev–Trinajstić information content (AvgIpc) is 2.42. The van der Waals surface area contributed by atoms with Crippen LogP contribution in [-0.4, -0.2) is 19.9 Å². The molecule has 0 fully saturated rings. The molecule has 0 amide bonds. The van der Waals surface area contributed by atoms with Crippen molar-refractivity contribution in [3.63, 3.8) is 0 Å². The van der Waals surface area contributed by atoms with Crippen molar-refractivity contribution in [2.45, 2.75) is 18.2 Å². The number of primary sulfonamides is 1. The topological polar surface area (TPSA) is 111 Å². The number of nitrogen functional groups attached to an aromatic ring is 1. The van der Waals surface area contributed by atoms with Gasteiger partial charge in [-0.3, -0.25) is 4.98 Å². The Labute approximate surface area is 124 Å². The molecule has 0 atom stereocenters. The Balaban J connectivity index is 2.15. The molecule has 2 aromatic rings. The minimum absolute atomic E-state index is 0.0476. The number of nitrogens with two attached hydrogens (primary N) is 2. The third-order valence-electron chi connectivity index (χ3n) is 3.14. The molecule has 2 rings (SSSR count). The molecule has 0 aliphatic rings. The van der Waals surface area contributed by atoms with Crippen molar-refractivity contribution in [3.05, 3.63) is 47.8 Å². The molecule has 6 nitrogen and oxygen atoms in total. The van der Waals surface area contributed by atoms with E-state index in [-0.39, 0.29) is 4.90 Å². The second-order valence-electron chi connectivity index (χ2n) is 4.77. The summed E-state index contributed by atoms with van der Waals surface area (Å²) in [5, 5.41) is 8.38. The van der Waals surface area contributed by atoms with Crippen LogP contribution in [0, 0.1) is 6.92 Å². The number of benzene rings is 1. The van der Waals surface area contributed by atoms with Gasteiger partial charge in [0.15, 0.2) is 0 Å². The molecule has 5 N–H and O–H groups in total. The first-order chi connectivity index (χ1) is 9.88. The standard InChI is InChI=1S/C14H18N4O2S/c1-10-13(7-12(15)8-14(10)21(16,19)20)18-6-4-11-3-2-5-17-9-11/h2-3,5,7-9,18H,4,6,15H2,1H3,(H2,16,19,20). The molecule has 0 radical (unpaired) electrons. The number of pyridine rings is 1. The Hall–Kier alpha value is -2.12. The molecule has 0 bridgehead atoms. The van der Waals surface area contributed by atoms with Crippen LogP contribution in [0.5, 0.6) is 0 Å². The molecular formula is C14H18N4O2S. The number of nitrogens with zero attached hydrogens (tertiary/aromatic N) is 1. The summed E-state index contributed by atoms with van der Waals surface area (Å²) < 4.78 is 23.1. The molecule has 1 aromatic heterocycles. The van der Waals surface area contributed by atoms with E-state index in [1.807, 2.05) is 12.1 Å². The summed E-state index contributed by atoms with van der Waals surface area (Å²) in [5.74, 6) is 0. The van der Waals surface area contributed by atoms with E-state index in [1.165, 1.54) is 6.07 Å². The zero-order valence-corrected chi connectivity index (χ0v) is 12.5. The number of aromatic nitrogens is 1. The quantitative estimate of drug-likeness (QED) is 0.720. The highest BCUT2D eigenvalue weighted by Crippen LogP contribution is 2.26. The highest BCUT2D eigenvalue weighted by molar-refractivity contribution is 7.89. The lowest BCUT2D eigenvalue weighted by atomic mass is 10.1. The number of nitrogens with one attached hydrogen (secondary N) is 1. The van der Waals surface area contributed by atoms with E-state index in [0.29, 0.717) is 23.5 Å². The zero-order valence-electron chi connectivity index (χ0n) is 11.7. The van der Waals surface area contributed by atoms with Crippen LogP contribution in [0.25, 0.3) is 0 Å². The van der Waals surface area contributed by atoms with E-state index in [4.69, 9.17) is 10.9 Å². The van der Waals surface area contributed by atoms with Crippen molar-refractivity contribution in [2.24, 2.45) is 5.14 Å². The van der Waals surface area contributed by atoms with Gasteiger partial charge in [0.1, 0.15) is 0 Å². The predicted molar refractivity (Wildman–Crippen MR) is 83.4 cm³/mol. The molecule has 112 valence electrons. The Morgan fingerprint density at radius 3 is 2.71 bits per heavy atom. The summed E-state index contributed by atoms with van der Waals surface area (Å²) in [6.45, 7) is 2.34. The molecular weight excluding hydrogens is 288 g/mol. The highest BCUT2D eigenvalue weighted by Gasteiger charge is 2.15. The Morgan fingerprint density at radius 2 is 2.10 bits per heavy atom. The van der Waals surface area contributed by atoms with Gasteiger partial charge >= 0.3 is 0 Å². The van der Waals surface area contributed by atoms with Gasteiger partial charge in [0, 0.05) is 30.3 Å². The zero-order chi connectivity index (χ0) is 15.5. The number of anilines is 2. The van der Waals surface area contributed by atoms with E-state index in [1.54, 1.807) is 25.4 Å². The highest BCUT2D eigenvalue weighted by atomic mass is 32.2. The predicted octanol–water partition coefficient (Wildman–Crippen LogP) is 1.27. The minimum atomic E-state index is -3.79. The fourth-order valence-corrected chi connectivity index (χ4v) is 2.91. The monoisotopic (exact) mass is 306 g/mol. The SMILES string of the molecule is Cc1c(NCCc2cccnc2)cc(N)cc1S(N)(=O)=O. The number of sulfonamides is 1. The number of hydrogen-bond acceptors (Lipinski definition) is 5. The molecule has 0 spiro atoms. The van der Waals surface area contributed by atoms with Crippen molar-refractivity contribution in [1.82, 2.24) is 4.98 Å². The number of hydrogen-bond donors (Lipinski definition) is 3. The minimum Gasteiger partial charge on any atom is -0.399 e. The van der Waals surface area contributed by atoms with Crippen LogP contribution in [0.2, 0.25) is 0 Å². The van der Waals surface area contributed by atoms with Gasteiger partial charge in [0.2, 0.25) is 10.0 Å². The first-order valence-electron chi connectivity index (χ1n) is 6.43. The Kier molecular flexibility index (Phi) is 4.44. The molecule has 7 heteroatoms. The van der Waals surface area contributed by atoms with Gasteiger partial charge in [-0.05, 0) is 42.7 Å². The van der Waals surface area contributed by atoms with E-state index in [0.717, 1.165) is 12.0 Å². The molecule has 0 saturated heterocycles. The molecule has 0 aliphatic heterocycles. The van der Waals surface area contributed by atoms with Crippen molar-refractivity contribution < 1.29 is 8.42 Å². The maximum absolute atomic E-state index is 11.5. The smallest absolute Gasteiger partial charge is 0.238 e. The van der Waals surface area contributed by atoms with Crippen LogP contribution >= 0.6 is 0 Å². The average molecular weight is 306 g/mol. The lowest BCUT2D eigenvalue weighted by Crippen LogP contribution is -2.16. The Bertz CT molecular complexity index is 730. The summed E-state index contributed by atoms with van der Waals surface area (Å²) >= 11 is 0. The molecule has 1 heterocycles. The maximum atomic E-state index is 11.5. The van der Waals surface area contributed by atoms with Crippen molar-refractivity contribution in [2.75, 3.05) is 17.6 Å². The lowest BCUT2D eigenvalue weighted by molar-refractivity contribution is 0.597. The van der Waals surface area contributed by atoms with Crippen molar-refractivity contribution in [1.29, 1.82) is 0 Å². The first kappa shape index (κ1) is 15.3. The molecule has 21 heavy (non-hydrogen) atoms. The third kappa shape index (κ3) is 3.93. The lowest BCUT2D eigenvalue weighted by Gasteiger charge is -2.13. The Morgan fingerprint density at radius 1 is 1.33 bits per heavy atom. The molecule has 0 aliphatic carbocycles. The van der Waals surface area contributed by atoms with Crippen LogP contribution < -0.4 is 16.2 Å². The summed E-state index contributed by atoms with van der Waals surface area (Å²) in [5.41, 5.74) is 8.43. The summed E-state index contributed by atoms with van der Waals surface area (Å²) in [6, 6.07) is 6.93.